The van der Waals surface area contributed by atoms with Crippen LogP contribution in [-0.2, 0) is 4.79 Å². The van der Waals surface area contributed by atoms with E-state index < -0.39 is 5.97 Å². The first-order valence-electron chi connectivity index (χ1n) is 6.41. The number of H-pyrrole nitrogens is 1. The summed E-state index contributed by atoms with van der Waals surface area (Å²) in [7, 11) is 0. The topological polar surface area (TPSA) is 86.3 Å². The highest BCUT2D eigenvalue weighted by Crippen LogP contribution is 2.14. The van der Waals surface area contributed by atoms with Gasteiger partial charge in [-0.2, -0.15) is 0 Å². The Hall–Kier alpha value is -2.37. The molecule has 0 spiro atoms. The predicted octanol–water partition coefficient (Wildman–Crippen LogP) is 1.75. The maximum absolute atomic E-state index is 12.4. The Balaban J connectivity index is 2.26. The number of carboxylic acids is 1. The Morgan fingerprint density at radius 1 is 1.40 bits per heavy atom. The first kappa shape index (κ1) is 14.0. The van der Waals surface area contributed by atoms with Crippen molar-refractivity contribution >= 4 is 22.9 Å². The second-order valence-corrected chi connectivity index (χ2v) is 5.11. The SMILES string of the molecule is CC(C)CN(CC(=O)O)C(=O)c1ccc2nc[nH]c2c1. The molecule has 1 heterocycles. The standard InChI is InChI=1S/C14H17N3O3/c1-9(2)6-17(7-13(18)19)14(20)10-3-4-11-12(5-10)16-8-15-11/h3-5,8-9H,6-7H2,1-2H3,(H,15,16)(H,18,19). The van der Waals surface area contributed by atoms with E-state index >= 15 is 0 Å². The summed E-state index contributed by atoms with van der Waals surface area (Å²) in [5, 5.41) is 8.92. The van der Waals surface area contributed by atoms with Gasteiger partial charge >= 0.3 is 5.97 Å². The fraction of sp³-hybridized carbons (Fsp3) is 0.357. The fourth-order valence-corrected chi connectivity index (χ4v) is 2.07. The number of carbonyl (C=O) groups is 2. The van der Waals surface area contributed by atoms with E-state index in [-0.39, 0.29) is 18.4 Å². The third-order valence-electron chi connectivity index (χ3n) is 2.87. The average Bonchev–Trinajstić information content (AvgIpc) is 2.83. The van der Waals surface area contributed by atoms with Crippen molar-refractivity contribution in [2.75, 3.05) is 13.1 Å². The summed E-state index contributed by atoms with van der Waals surface area (Å²) < 4.78 is 0. The van der Waals surface area contributed by atoms with Gasteiger partial charge in [-0.3, -0.25) is 9.59 Å². The summed E-state index contributed by atoms with van der Waals surface area (Å²) in [5.41, 5.74) is 1.99. The van der Waals surface area contributed by atoms with Crippen molar-refractivity contribution in [1.29, 1.82) is 0 Å². The van der Waals surface area contributed by atoms with E-state index in [4.69, 9.17) is 5.11 Å². The molecule has 0 aliphatic carbocycles. The van der Waals surface area contributed by atoms with E-state index in [1.807, 2.05) is 13.8 Å². The monoisotopic (exact) mass is 275 g/mol. The fourth-order valence-electron chi connectivity index (χ4n) is 2.07. The van der Waals surface area contributed by atoms with E-state index in [9.17, 15) is 9.59 Å². The highest BCUT2D eigenvalue weighted by atomic mass is 16.4. The zero-order chi connectivity index (χ0) is 14.7. The number of carbonyl (C=O) groups excluding carboxylic acids is 1. The predicted molar refractivity (Wildman–Crippen MR) is 74.5 cm³/mol. The normalized spacial score (nSPS) is 10.9. The Kier molecular flexibility index (Phi) is 4.02. The number of benzene rings is 1. The Bertz CT molecular complexity index is 633. The Labute approximate surface area is 116 Å². The van der Waals surface area contributed by atoms with Gasteiger partial charge in [-0.05, 0) is 24.1 Å². The highest BCUT2D eigenvalue weighted by molar-refractivity contribution is 5.98. The van der Waals surface area contributed by atoms with Gasteiger partial charge in [0, 0.05) is 12.1 Å². The number of nitrogens with one attached hydrogen (secondary N) is 1. The zero-order valence-corrected chi connectivity index (χ0v) is 11.5. The van der Waals surface area contributed by atoms with Crippen molar-refractivity contribution in [3.63, 3.8) is 0 Å². The van der Waals surface area contributed by atoms with E-state index in [1.165, 1.54) is 4.90 Å². The maximum Gasteiger partial charge on any atom is 0.323 e. The molecule has 0 aliphatic heterocycles. The smallest absolute Gasteiger partial charge is 0.323 e. The number of aromatic nitrogens is 2. The number of hydrogen-bond acceptors (Lipinski definition) is 3. The van der Waals surface area contributed by atoms with E-state index in [1.54, 1.807) is 24.5 Å². The van der Waals surface area contributed by atoms with E-state index in [0.29, 0.717) is 12.1 Å². The van der Waals surface area contributed by atoms with Gasteiger partial charge in [-0.1, -0.05) is 13.8 Å². The van der Waals surface area contributed by atoms with Gasteiger partial charge in [0.15, 0.2) is 0 Å². The molecule has 20 heavy (non-hydrogen) atoms. The maximum atomic E-state index is 12.4. The highest BCUT2D eigenvalue weighted by Gasteiger charge is 2.19. The van der Waals surface area contributed by atoms with Crippen LogP contribution in [0.15, 0.2) is 24.5 Å². The number of nitrogens with zero attached hydrogens (tertiary/aromatic N) is 2. The largest absolute Gasteiger partial charge is 0.480 e. The van der Waals surface area contributed by atoms with Gasteiger partial charge in [0.2, 0.25) is 0 Å². The van der Waals surface area contributed by atoms with Gasteiger partial charge in [0.1, 0.15) is 6.54 Å². The second-order valence-electron chi connectivity index (χ2n) is 5.11. The lowest BCUT2D eigenvalue weighted by Crippen LogP contribution is -2.38. The third kappa shape index (κ3) is 3.14. The molecule has 0 atom stereocenters. The molecule has 1 aromatic heterocycles. The average molecular weight is 275 g/mol. The van der Waals surface area contributed by atoms with Crippen molar-refractivity contribution in [2.45, 2.75) is 13.8 Å². The first-order chi connectivity index (χ1) is 9.47. The van der Waals surface area contributed by atoms with Gasteiger partial charge in [-0.25, -0.2) is 4.98 Å². The van der Waals surface area contributed by atoms with Crippen molar-refractivity contribution in [2.24, 2.45) is 5.92 Å². The molecule has 6 nitrogen and oxygen atoms in total. The lowest BCUT2D eigenvalue weighted by atomic mass is 10.1. The lowest BCUT2D eigenvalue weighted by molar-refractivity contribution is -0.137. The van der Waals surface area contributed by atoms with Crippen LogP contribution in [0.5, 0.6) is 0 Å². The first-order valence-corrected chi connectivity index (χ1v) is 6.41. The van der Waals surface area contributed by atoms with Gasteiger partial charge in [0.25, 0.3) is 5.91 Å². The molecule has 0 unspecified atom stereocenters. The van der Waals surface area contributed by atoms with Crippen LogP contribution in [0.25, 0.3) is 11.0 Å². The van der Waals surface area contributed by atoms with Crippen LogP contribution in [0.3, 0.4) is 0 Å². The summed E-state index contributed by atoms with van der Waals surface area (Å²) in [6.45, 7) is 4.00. The zero-order valence-electron chi connectivity index (χ0n) is 11.5. The molecular weight excluding hydrogens is 258 g/mol. The minimum absolute atomic E-state index is 0.203. The summed E-state index contributed by atoms with van der Waals surface area (Å²) in [6.07, 6.45) is 1.56. The molecule has 6 heteroatoms. The van der Waals surface area contributed by atoms with Crippen molar-refractivity contribution in [1.82, 2.24) is 14.9 Å². The minimum atomic E-state index is -1.01. The van der Waals surface area contributed by atoms with Crippen LogP contribution in [0, 0.1) is 5.92 Å². The second kappa shape index (κ2) is 5.73. The molecule has 0 saturated heterocycles. The summed E-state index contributed by atoms with van der Waals surface area (Å²) in [4.78, 5) is 31.7. The van der Waals surface area contributed by atoms with Crippen LogP contribution < -0.4 is 0 Å². The molecule has 0 aliphatic rings. The van der Waals surface area contributed by atoms with Crippen LogP contribution in [0.4, 0.5) is 0 Å². The molecule has 0 bridgehead atoms. The molecule has 0 fully saturated rings. The number of rotatable bonds is 5. The Morgan fingerprint density at radius 3 is 2.80 bits per heavy atom. The van der Waals surface area contributed by atoms with Gasteiger partial charge in [0.05, 0.1) is 17.4 Å². The molecule has 1 amide bonds. The minimum Gasteiger partial charge on any atom is -0.480 e. The van der Waals surface area contributed by atoms with Crippen molar-refractivity contribution in [3.05, 3.63) is 30.1 Å². The van der Waals surface area contributed by atoms with Crippen LogP contribution in [0.2, 0.25) is 0 Å². The van der Waals surface area contributed by atoms with Crippen molar-refractivity contribution in [3.8, 4) is 0 Å². The van der Waals surface area contributed by atoms with E-state index in [2.05, 4.69) is 9.97 Å². The molecular formula is C14H17N3O3. The number of aliphatic carboxylic acids is 1. The number of aromatic amines is 1. The molecule has 1 aromatic carbocycles. The van der Waals surface area contributed by atoms with Crippen molar-refractivity contribution < 1.29 is 14.7 Å². The van der Waals surface area contributed by atoms with Crippen LogP contribution >= 0.6 is 0 Å². The number of hydrogen-bond donors (Lipinski definition) is 2. The van der Waals surface area contributed by atoms with Gasteiger partial charge in [-0.15, -0.1) is 0 Å². The molecule has 2 aromatic rings. The van der Waals surface area contributed by atoms with E-state index in [0.717, 1.165) is 11.0 Å². The summed E-state index contributed by atoms with van der Waals surface area (Å²) >= 11 is 0. The lowest BCUT2D eigenvalue weighted by Gasteiger charge is -2.22. The molecule has 0 saturated carbocycles. The van der Waals surface area contributed by atoms with Crippen LogP contribution in [0.1, 0.15) is 24.2 Å². The summed E-state index contributed by atoms with van der Waals surface area (Å²) in [5.74, 6) is -1.09. The molecule has 2 N–H and O–H groups in total. The Morgan fingerprint density at radius 2 is 2.15 bits per heavy atom. The number of imidazole rings is 1. The molecule has 0 radical (unpaired) electrons. The quantitative estimate of drug-likeness (QED) is 0.870. The molecule has 2 rings (SSSR count). The number of fused-ring (bicyclic) bond motifs is 1. The molecule has 106 valence electrons. The summed E-state index contributed by atoms with van der Waals surface area (Å²) in [6, 6.07) is 5.11. The number of carboxylic acid groups (broad SMARTS) is 1. The van der Waals surface area contributed by atoms with Crippen LogP contribution in [-0.4, -0.2) is 44.9 Å². The number of amides is 1. The van der Waals surface area contributed by atoms with Gasteiger partial charge < -0.3 is 15.0 Å². The third-order valence-corrected chi connectivity index (χ3v) is 2.87.